The van der Waals surface area contributed by atoms with E-state index in [9.17, 15) is 0 Å². The van der Waals surface area contributed by atoms with E-state index in [4.69, 9.17) is 14.8 Å². The van der Waals surface area contributed by atoms with Gasteiger partial charge >= 0.3 is 57.5 Å². The van der Waals surface area contributed by atoms with E-state index in [1.54, 1.807) is 0 Å². The summed E-state index contributed by atoms with van der Waals surface area (Å²) in [4.78, 5) is 1.75. The minimum absolute atomic E-state index is 0.874. The summed E-state index contributed by atoms with van der Waals surface area (Å²) in [5.41, 5.74) is 0. The van der Waals surface area contributed by atoms with Gasteiger partial charge in [0.25, 0.3) is 0 Å². The molecule has 0 radical (unpaired) electrons. The number of rotatable bonds is 2. The van der Waals surface area contributed by atoms with Crippen molar-refractivity contribution in [3.05, 3.63) is 0 Å². The van der Waals surface area contributed by atoms with Crippen LogP contribution in [0.1, 0.15) is 13.8 Å². The van der Waals surface area contributed by atoms with Gasteiger partial charge in [0.1, 0.15) is 0 Å². The summed E-state index contributed by atoms with van der Waals surface area (Å²) in [6, 6.07) is 0. The Labute approximate surface area is 57.7 Å². The molecule has 0 aromatic rings. The molecule has 0 aromatic heterocycles. The third kappa shape index (κ3) is 2.14. The van der Waals surface area contributed by atoms with Crippen LogP contribution in [-0.4, -0.2) is 0 Å². The zero-order chi connectivity index (χ0) is 6.62. The van der Waals surface area contributed by atoms with Crippen LogP contribution in [0.2, 0.25) is 9.79 Å². The first-order valence-electron chi connectivity index (χ1n) is 2.36. The van der Waals surface area contributed by atoms with Crippen molar-refractivity contribution in [3.8, 4) is 4.54 Å². The predicted molar refractivity (Wildman–Crippen MR) is 32.4 cm³/mol. The van der Waals surface area contributed by atoms with Gasteiger partial charge in [0.15, 0.2) is 0 Å². The van der Waals surface area contributed by atoms with Crippen molar-refractivity contribution >= 4 is 9.53 Å². The van der Waals surface area contributed by atoms with Crippen LogP contribution in [0.3, 0.4) is 0 Å². The van der Waals surface area contributed by atoms with E-state index in [0.717, 1.165) is 9.79 Å². The van der Waals surface area contributed by atoms with Crippen LogP contribution in [0, 0.1) is 9.80 Å². The molecule has 0 spiro atoms. The molecule has 3 heteroatoms. The van der Waals surface area contributed by atoms with Gasteiger partial charge < -0.3 is 0 Å². The molecule has 0 heterocycles. The van der Waals surface area contributed by atoms with Gasteiger partial charge in [-0.05, 0) is 0 Å². The molecule has 52 valence electrons. The number of nitriles is 1. The Balaban J connectivity index is 3.83. The first-order chi connectivity index (χ1) is 3.68. The van der Waals surface area contributed by atoms with Crippen LogP contribution in [0.4, 0.5) is 0 Å². The van der Waals surface area contributed by atoms with Crippen LogP contribution < -0.4 is 0 Å². The number of hydrogen-bond donors (Lipinski definition) is 0. The molecule has 0 atom stereocenters. The second kappa shape index (κ2) is 3.46. The first kappa shape index (κ1) is 8.44. The van der Waals surface area contributed by atoms with Gasteiger partial charge in [0, 0.05) is 0 Å². The Kier molecular flexibility index (Phi) is 3.66. The van der Waals surface area contributed by atoms with E-state index in [1.165, 1.54) is 0 Å². The molecule has 0 unspecified atom stereocenters. The molecule has 0 saturated heterocycles. The quantitative estimate of drug-likeness (QED) is 0.664. The Bertz CT molecular complexity index is 103. The van der Waals surface area contributed by atoms with Crippen LogP contribution >= 0.6 is 9.53 Å². The Hall–Kier alpha value is 0.442. The summed E-state index contributed by atoms with van der Waals surface area (Å²) >= 11 is -2.00. The average Bonchev–Trinajstić information content (AvgIpc) is 1.87. The summed E-state index contributed by atoms with van der Waals surface area (Å²) in [5, 5.41) is 8.47. The maximum atomic E-state index is 8.47. The van der Waals surface area contributed by atoms with Crippen molar-refractivity contribution in [2.24, 2.45) is 0 Å². The molecule has 0 bridgehead atoms. The fourth-order valence-electron chi connectivity index (χ4n) is 0.258. The van der Waals surface area contributed by atoms with E-state index in [-0.39, 0.29) is 0 Å². The SMILES string of the molecule is C[CH2][Pd]([Cl])([C]#N)[CH2]C. The third-order valence-electron chi connectivity index (χ3n) is 0.836. The Morgan fingerprint density at radius 2 is 1.88 bits per heavy atom. The maximum absolute atomic E-state index is 8.47. The summed E-state index contributed by atoms with van der Waals surface area (Å²) in [6.45, 7) is 3.97. The first-order valence-corrected chi connectivity index (χ1v) is 7.34. The molecule has 0 N–H and O–H groups in total. The van der Waals surface area contributed by atoms with Gasteiger partial charge in [-0.2, -0.15) is 0 Å². The van der Waals surface area contributed by atoms with Crippen LogP contribution in [-0.2, 0) is 14.5 Å². The summed E-state index contributed by atoms with van der Waals surface area (Å²) in [5.74, 6) is 0. The topological polar surface area (TPSA) is 23.8 Å². The zero-order valence-corrected chi connectivity index (χ0v) is 7.37. The molecule has 0 aliphatic rings. The molecule has 8 heavy (non-hydrogen) atoms. The van der Waals surface area contributed by atoms with Crippen LogP contribution in [0.15, 0.2) is 0 Å². The molecule has 0 rings (SSSR count). The van der Waals surface area contributed by atoms with Gasteiger partial charge in [0.2, 0.25) is 0 Å². The number of halogens is 1. The van der Waals surface area contributed by atoms with Crippen LogP contribution in [0.25, 0.3) is 0 Å². The second-order valence-corrected chi connectivity index (χ2v) is 9.38. The fourth-order valence-corrected chi connectivity index (χ4v) is 1.53. The van der Waals surface area contributed by atoms with Gasteiger partial charge in [-0.3, -0.25) is 0 Å². The van der Waals surface area contributed by atoms with E-state index in [1.807, 2.05) is 13.8 Å². The Morgan fingerprint density at radius 3 is 1.88 bits per heavy atom. The minimum atomic E-state index is -2.00. The zero-order valence-electron chi connectivity index (χ0n) is 5.06. The van der Waals surface area contributed by atoms with Crippen molar-refractivity contribution in [3.63, 3.8) is 0 Å². The van der Waals surface area contributed by atoms with Crippen molar-refractivity contribution < 1.29 is 14.5 Å². The molecule has 0 fully saturated rings. The molecule has 0 aliphatic heterocycles. The van der Waals surface area contributed by atoms with Gasteiger partial charge in [0.05, 0.1) is 0 Å². The summed E-state index contributed by atoms with van der Waals surface area (Å²) < 4.78 is 2.19. The van der Waals surface area contributed by atoms with Crippen molar-refractivity contribution in [1.82, 2.24) is 0 Å². The second-order valence-electron chi connectivity index (χ2n) is 1.13. The standard InChI is InChI=1S/2C2H5.CN.ClH.Pd/c3*1-2;;/h2*1H2,2H3;;1H;/q;;;;+1/p-1. The molecule has 0 saturated carbocycles. The predicted octanol–water partition coefficient (Wildman–Crippen LogP) is 2.65. The van der Waals surface area contributed by atoms with E-state index in [2.05, 4.69) is 4.54 Å². The van der Waals surface area contributed by atoms with Gasteiger partial charge in [-0.1, -0.05) is 0 Å². The molecule has 0 aliphatic carbocycles. The summed E-state index contributed by atoms with van der Waals surface area (Å²) in [6.07, 6.45) is 0. The van der Waals surface area contributed by atoms with E-state index < -0.39 is 14.5 Å². The Morgan fingerprint density at radius 1 is 1.50 bits per heavy atom. The van der Waals surface area contributed by atoms with Gasteiger partial charge in [-0.25, -0.2) is 0 Å². The molecule has 1 nitrogen and oxygen atoms in total. The molecular formula is C5H10ClNPd. The third-order valence-corrected chi connectivity index (χ3v) is 7.26. The monoisotopic (exact) mass is 225 g/mol. The molecule has 0 aromatic carbocycles. The molecular weight excluding hydrogens is 216 g/mol. The molecule has 0 amide bonds. The van der Waals surface area contributed by atoms with Crippen molar-refractivity contribution in [2.75, 3.05) is 0 Å². The normalized spacial score (nSPS) is 12.8. The van der Waals surface area contributed by atoms with Crippen molar-refractivity contribution in [2.45, 2.75) is 23.6 Å². The van der Waals surface area contributed by atoms with Crippen LogP contribution in [0.5, 0.6) is 0 Å². The average molecular weight is 226 g/mol. The van der Waals surface area contributed by atoms with E-state index >= 15 is 0 Å². The van der Waals surface area contributed by atoms with E-state index in [0.29, 0.717) is 0 Å². The summed E-state index contributed by atoms with van der Waals surface area (Å²) in [7, 11) is 5.88. The fraction of sp³-hybridized carbons (Fsp3) is 0.800. The number of nitrogens with zero attached hydrogens (tertiary/aromatic N) is 1. The number of hydrogen-bond acceptors (Lipinski definition) is 1. The van der Waals surface area contributed by atoms with Gasteiger partial charge in [-0.15, -0.1) is 0 Å². The van der Waals surface area contributed by atoms with Crippen molar-refractivity contribution in [1.29, 1.82) is 5.26 Å².